The molecule has 1 aliphatic carbocycles. The summed E-state index contributed by atoms with van der Waals surface area (Å²) in [5.41, 5.74) is 3.26. The van der Waals surface area contributed by atoms with E-state index in [2.05, 4.69) is 15.3 Å². The van der Waals surface area contributed by atoms with Crippen LogP contribution < -0.4 is 5.32 Å². The van der Waals surface area contributed by atoms with Gasteiger partial charge in [0, 0.05) is 36.7 Å². The van der Waals surface area contributed by atoms with Crippen LogP contribution in [0.5, 0.6) is 0 Å². The number of hydrogen-bond acceptors (Lipinski definition) is 4. The van der Waals surface area contributed by atoms with E-state index < -0.39 is 10.8 Å². The van der Waals surface area contributed by atoms with Gasteiger partial charge in [0.05, 0.1) is 22.2 Å². The second-order valence-corrected chi connectivity index (χ2v) is 9.15. The Balaban J connectivity index is 1.74. The molecular formula is C23H27FN4OS. The maximum absolute atomic E-state index is 13.5. The van der Waals surface area contributed by atoms with Crippen LogP contribution in [0.3, 0.4) is 0 Å². The van der Waals surface area contributed by atoms with Gasteiger partial charge in [0.25, 0.3) is 0 Å². The number of aromatic nitrogens is 3. The van der Waals surface area contributed by atoms with Crippen LogP contribution in [0.2, 0.25) is 0 Å². The number of imidazole rings is 1. The summed E-state index contributed by atoms with van der Waals surface area (Å²) >= 11 is 0. The van der Waals surface area contributed by atoms with E-state index in [1.165, 1.54) is 37.8 Å². The first-order valence-electron chi connectivity index (χ1n) is 10.4. The minimum Gasteiger partial charge on any atom is -0.367 e. The third-order valence-electron chi connectivity index (χ3n) is 5.67. The quantitative estimate of drug-likeness (QED) is 0.573. The van der Waals surface area contributed by atoms with E-state index in [0.29, 0.717) is 16.9 Å². The summed E-state index contributed by atoms with van der Waals surface area (Å²) in [5, 5.41) is 4.08. The standard InChI is InChI=1S/C23H27FN4OS/c1-28-22(21(27-23(28)30(2)29)16-9-11-18(24)12-10-16)17-13-14-25-20(15-17)26-19-7-5-3-4-6-8-19/h9-15,19H,3-8H2,1-2H3,(H,25,26). The molecule has 5 nitrogen and oxygen atoms in total. The molecule has 0 aliphatic heterocycles. The number of anilines is 1. The first-order chi connectivity index (χ1) is 14.5. The van der Waals surface area contributed by atoms with Gasteiger partial charge in [-0.05, 0) is 49.2 Å². The number of hydrogen-bond donors (Lipinski definition) is 1. The molecule has 2 aromatic heterocycles. The highest BCUT2D eigenvalue weighted by Crippen LogP contribution is 2.34. The Bertz CT molecular complexity index is 1040. The van der Waals surface area contributed by atoms with E-state index >= 15 is 0 Å². The molecular weight excluding hydrogens is 399 g/mol. The molecule has 0 spiro atoms. The number of nitrogens with zero attached hydrogens (tertiary/aromatic N) is 3. The fourth-order valence-electron chi connectivity index (χ4n) is 4.16. The minimum atomic E-state index is -1.25. The van der Waals surface area contributed by atoms with Crippen molar-refractivity contribution in [1.29, 1.82) is 0 Å². The van der Waals surface area contributed by atoms with Gasteiger partial charge < -0.3 is 9.88 Å². The van der Waals surface area contributed by atoms with Gasteiger partial charge >= 0.3 is 0 Å². The molecule has 1 atom stereocenters. The van der Waals surface area contributed by atoms with Crippen LogP contribution >= 0.6 is 0 Å². The Morgan fingerprint density at radius 2 is 1.77 bits per heavy atom. The molecule has 30 heavy (non-hydrogen) atoms. The molecule has 1 fully saturated rings. The molecule has 1 saturated carbocycles. The van der Waals surface area contributed by atoms with Crippen LogP contribution in [0, 0.1) is 5.82 Å². The van der Waals surface area contributed by atoms with Crippen molar-refractivity contribution in [2.45, 2.75) is 49.7 Å². The molecule has 3 aromatic rings. The largest absolute Gasteiger partial charge is 0.367 e. The number of nitrogens with one attached hydrogen (secondary N) is 1. The Morgan fingerprint density at radius 3 is 2.43 bits per heavy atom. The topological polar surface area (TPSA) is 59.8 Å². The summed E-state index contributed by atoms with van der Waals surface area (Å²) in [6.45, 7) is 0. The highest BCUT2D eigenvalue weighted by molar-refractivity contribution is 7.84. The van der Waals surface area contributed by atoms with Gasteiger partial charge in [0.15, 0.2) is 5.16 Å². The molecule has 0 radical (unpaired) electrons. The van der Waals surface area contributed by atoms with Gasteiger partial charge in [-0.3, -0.25) is 4.21 Å². The van der Waals surface area contributed by atoms with Crippen molar-refractivity contribution in [1.82, 2.24) is 14.5 Å². The Morgan fingerprint density at radius 1 is 1.07 bits per heavy atom. The second kappa shape index (κ2) is 9.08. The molecule has 1 N–H and O–H groups in total. The Labute approximate surface area is 179 Å². The smallest absolute Gasteiger partial charge is 0.199 e. The molecule has 0 saturated heterocycles. The lowest BCUT2D eigenvalue weighted by atomic mass is 10.0. The number of rotatable bonds is 5. The van der Waals surface area contributed by atoms with Crippen molar-refractivity contribution < 1.29 is 8.60 Å². The summed E-state index contributed by atoms with van der Waals surface area (Å²) in [6.07, 6.45) is 10.8. The van der Waals surface area contributed by atoms with Crippen molar-refractivity contribution in [3.8, 4) is 22.5 Å². The van der Waals surface area contributed by atoms with E-state index in [1.54, 1.807) is 24.6 Å². The third kappa shape index (κ3) is 4.46. The number of halogens is 1. The molecule has 1 unspecified atom stereocenters. The fraction of sp³-hybridized carbons (Fsp3) is 0.391. The zero-order chi connectivity index (χ0) is 21.1. The summed E-state index contributed by atoms with van der Waals surface area (Å²) in [5.74, 6) is 0.541. The van der Waals surface area contributed by atoms with E-state index in [-0.39, 0.29) is 5.82 Å². The lowest BCUT2D eigenvalue weighted by Crippen LogP contribution is -2.19. The van der Waals surface area contributed by atoms with Crippen molar-refractivity contribution >= 4 is 16.6 Å². The zero-order valence-corrected chi connectivity index (χ0v) is 18.2. The van der Waals surface area contributed by atoms with Gasteiger partial charge in [-0.15, -0.1) is 0 Å². The van der Waals surface area contributed by atoms with Crippen molar-refractivity contribution in [3.05, 3.63) is 48.4 Å². The maximum Gasteiger partial charge on any atom is 0.199 e. The van der Waals surface area contributed by atoms with E-state index in [4.69, 9.17) is 0 Å². The van der Waals surface area contributed by atoms with Crippen LogP contribution in [-0.4, -0.2) is 31.0 Å². The summed E-state index contributed by atoms with van der Waals surface area (Å²) in [4.78, 5) is 9.17. The molecule has 0 bridgehead atoms. The van der Waals surface area contributed by atoms with E-state index in [1.807, 2.05) is 23.7 Å². The van der Waals surface area contributed by atoms with Gasteiger partial charge in [0.1, 0.15) is 11.6 Å². The average Bonchev–Trinajstić information content (AvgIpc) is 2.89. The molecule has 1 aliphatic rings. The Hall–Kier alpha value is -2.54. The van der Waals surface area contributed by atoms with Gasteiger partial charge in [-0.25, -0.2) is 14.4 Å². The van der Waals surface area contributed by atoms with E-state index in [0.717, 1.165) is 35.5 Å². The van der Waals surface area contributed by atoms with Crippen molar-refractivity contribution in [2.75, 3.05) is 11.6 Å². The zero-order valence-electron chi connectivity index (χ0n) is 17.4. The normalized spacial score (nSPS) is 16.2. The monoisotopic (exact) mass is 426 g/mol. The van der Waals surface area contributed by atoms with Crippen LogP contribution in [0.4, 0.5) is 10.2 Å². The lowest BCUT2D eigenvalue weighted by Gasteiger charge is -2.17. The van der Waals surface area contributed by atoms with Crippen LogP contribution in [0.15, 0.2) is 47.8 Å². The predicted octanol–water partition coefficient (Wildman–Crippen LogP) is 5.16. The van der Waals surface area contributed by atoms with Crippen LogP contribution in [0.25, 0.3) is 22.5 Å². The van der Waals surface area contributed by atoms with Crippen LogP contribution in [0.1, 0.15) is 38.5 Å². The van der Waals surface area contributed by atoms with Crippen molar-refractivity contribution in [2.24, 2.45) is 7.05 Å². The summed E-state index contributed by atoms with van der Waals surface area (Å²) in [6, 6.07) is 10.6. The van der Waals surface area contributed by atoms with Crippen molar-refractivity contribution in [3.63, 3.8) is 0 Å². The van der Waals surface area contributed by atoms with Crippen LogP contribution in [-0.2, 0) is 17.8 Å². The third-order valence-corrected chi connectivity index (χ3v) is 6.55. The first kappa shape index (κ1) is 20.7. The number of benzene rings is 1. The Kier molecular flexibility index (Phi) is 6.27. The lowest BCUT2D eigenvalue weighted by molar-refractivity contribution is 0.618. The molecule has 0 amide bonds. The minimum absolute atomic E-state index is 0.297. The highest BCUT2D eigenvalue weighted by Gasteiger charge is 2.21. The molecule has 2 heterocycles. The maximum atomic E-state index is 13.5. The van der Waals surface area contributed by atoms with Gasteiger partial charge in [0.2, 0.25) is 0 Å². The summed E-state index contributed by atoms with van der Waals surface area (Å²) < 4.78 is 27.6. The highest BCUT2D eigenvalue weighted by atomic mass is 32.2. The SMILES string of the molecule is Cn1c(S(C)=O)nc(-c2ccc(F)cc2)c1-c1ccnc(NC2CCCCCC2)c1. The summed E-state index contributed by atoms with van der Waals surface area (Å²) in [7, 11) is 0.618. The molecule has 1 aromatic carbocycles. The molecule has 4 rings (SSSR count). The van der Waals surface area contributed by atoms with Gasteiger partial charge in [-0.1, -0.05) is 25.7 Å². The number of pyridine rings is 1. The second-order valence-electron chi connectivity index (χ2n) is 7.87. The van der Waals surface area contributed by atoms with Gasteiger partial charge in [-0.2, -0.15) is 0 Å². The molecule has 7 heteroatoms. The fourth-order valence-corrected chi connectivity index (χ4v) is 4.86. The average molecular weight is 427 g/mol. The molecule has 158 valence electrons. The van der Waals surface area contributed by atoms with E-state index in [9.17, 15) is 8.60 Å². The predicted molar refractivity (Wildman–Crippen MR) is 119 cm³/mol. The first-order valence-corrected chi connectivity index (χ1v) is 12.0.